The molecular formula is C18H25ClN2O. The molecule has 0 bridgehead atoms. The molecule has 4 heteroatoms. The van der Waals surface area contributed by atoms with Crippen LogP contribution in [0, 0.1) is 0 Å². The second-order valence-corrected chi connectivity index (χ2v) is 7.03. The molecule has 1 N–H and O–H groups in total. The molecule has 3 rings (SSSR count). The number of carbonyl (C=O) groups is 1. The Kier molecular flexibility index (Phi) is 4.92. The van der Waals surface area contributed by atoms with Crippen molar-refractivity contribution in [3.8, 4) is 0 Å². The molecule has 2 aliphatic carbocycles. The fraction of sp³-hybridized carbons (Fsp3) is 0.611. The van der Waals surface area contributed by atoms with Gasteiger partial charge in [0.05, 0.1) is 6.04 Å². The Bertz CT molecular complexity index is 524. The van der Waals surface area contributed by atoms with E-state index in [0.717, 1.165) is 36.3 Å². The number of hydrogen-bond acceptors (Lipinski definition) is 1. The third kappa shape index (κ3) is 3.57. The summed E-state index contributed by atoms with van der Waals surface area (Å²) in [5, 5.41) is 4.00. The van der Waals surface area contributed by atoms with Crippen LogP contribution in [0.1, 0.15) is 63.5 Å². The number of carbonyl (C=O) groups excluding carboxylic acids is 1. The maximum absolute atomic E-state index is 12.8. The minimum Gasteiger partial charge on any atom is -0.335 e. The van der Waals surface area contributed by atoms with Crippen LogP contribution in [0.3, 0.4) is 0 Å². The lowest BCUT2D eigenvalue weighted by atomic mass is 9.95. The number of amides is 2. The Morgan fingerprint density at radius 2 is 1.86 bits per heavy atom. The quantitative estimate of drug-likeness (QED) is 0.840. The number of rotatable bonds is 4. The summed E-state index contributed by atoms with van der Waals surface area (Å²) in [6, 6.07) is 8.67. The van der Waals surface area contributed by atoms with E-state index in [1.54, 1.807) is 0 Å². The Hall–Kier alpha value is -1.22. The van der Waals surface area contributed by atoms with Crippen molar-refractivity contribution in [3.63, 3.8) is 0 Å². The SMILES string of the molecule is C[C@H](c1ccccc1Cl)N(C(=O)NC1CCCCC1)C1CC1. The molecule has 22 heavy (non-hydrogen) atoms. The smallest absolute Gasteiger partial charge is 0.318 e. The zero-order chi connectivity index (χ0) is 15.5. The van der Waals surface area contributed by atoms with Crippen LogP contribution in [0.15, 0.2) is 24.3 Å². The summed E-state index contributed by atoms with van der Waals surface area (Å²) in [5.41, 5.74) is 1.04. The Labute approximate surface area is 138 Å². The van der Waals surface area contributed by atoms with Crippen LogP contribution >= 0.6 is 11.6 Å². The van der Waals surface area contributed by atoms with Crippen LogP contribution < -0.4 is 5.32 Å². The lowest BCUT2D eigenvalue weighted by Gasteiger charge is -2.33. The minimum atomic E-state index is 0.0183. The molecular weight excluding hydrogens is 296 g/mol. The van der Waals surface area contributed by atoms with Crippen LogP contribution in [0.2, 0.25) is 5.02 Å². The topological polar surface area (TPSA) is 32.3 Å². The van der Waals surface area contributed by atoms with Crippen molar-refractivity contribution in [1.82, 2.24) is 10.2 Å². The van der Waals surface area contributed by atoms with Gasteiger partial charge in [-0.3, -0.25) is 0 Å². The fourth-order valence-electron chi connectivity index (χ4n) is 3.47. The van der Waals surface area contributed by atoms with Gasteiger partial charge in [-0.25, -0.2) is 4.79 Å². The summed E-state index contributed by atoms with van der Waals surface area (Å²) in [7, 11) is 0. The molecule has 0 saturated heterocycles. The van der Waals surface area contributed by atoms with E-state index in [9.17, 15) is 4.79 Å². The van der Waals surface area contributed by atoms with Crippen LogP contribution in [-0.4, -0.2) is 23.0 Å². The van der Waals surface area contributed by atoms with E-state index in [2.05, 4.69) is 12.2 Å². The van der Waals surface area contributed by atoms with Gasteiger partial charge in [0, 0.05) is 17.1 Å². The van der Waals surface area contributed by atoms with E-state index < -0.39 is 0 Å². The Morgan fingerprint density at radius 1 is 1.18 bits per heavy atom. The summed E-state index contributed by atoms with van der Waals surface area (Å²) in [5.74, 6) is 0. The van der Waals surface area contributed by atoms with Crippen molar-refractivity contribution in [2.75, 3.05) is 0 Å². The first-order valence-electron chi connectivity index (χ1n) is 8.50. The monoisotopic (exact) mass is 320 g/mol. The van der Waals surface area contributed by atoms with E-state index in [4.69, 9.17) is 11.6 Å². The largest absolute Gasteiger partial charge is 0.335 e. The third-order valence-corrected chi connectivity index (χ3v) is 5.22. The van der Waals surface area contributed by atoms with Crippen molar-refractivity contribution in [2.45, 2.75) is 70.0 Å². The first-order chi connectivity index (χ1) is 10.7. The molecule has 0 radical (unpaired) electrons. The molecule has 0 aliphatic heterocycles. The summed E-state index contributed by atoms with van der Waals surface area (Å²) in [6.07, 6.45) is 8.20. The van der Waals surface area contributed by atoms with E-state index in [1.807, 2.05) is 29.2 Å². The number of urea groups is 1. The molecule has 2 fully saturated rings. The lowest BCUT2D eigenvalue weighted by Crippen LogP contribution is -2.47. The zero-order valence-electron chi connectivity index (χ0n) is 13.2. The van der Waals surface area contributed by atoms with Gasteiger partial charge < -0.3 is 10.2 Å². The first kappa shape index (κ1) is 15.7. The molecule has 1 aromatic carbocycles. The number of nitrogens with one attached hydrogen (secondary N) is 1. The predicted molar refractivity (Wildman–Crippen MR) is 90.1 cm³/mol. The lowest BCUT2D eigenvalue weighted by molar-refractivity contribution is 0.168. The molecule has 2 aliphatic rings. The number of benzene rings is 1. The Morgan fingerprint density at radius 3 is 2.50 bits per heavy atom. The van der Waals surface area contributed by atoms with Gasteiger partial charge in [-0.2, -0.15) is 0 Å². The average Bonchev–Trinajstić information content (AvgIpc) is 3.33. The number of hydrogen-bond donors (Lipinski definition) is 1. The van der Waals surface area contributed by atoms with Gasteiger partial charge >= 0.3 is 6.03 Å². The van der Waals surface area contributed by atoms with E-state index in [-0.39, 0.29) is 12.1 Å². The normalized spacial score (nSPS) is 20.5. The maximum atomic E-state index is 12.8. The minimum absolute atomic E-state index is 0.0183. The molecule has 0 unspecified atom stereocenters. The molecule has 2 amide bonds. The predicted octanol–water partition coefficient (Wildman–Crippen LogP) is 4.91. The van der Waals surface area contributed by atoms with Crippen LogP contribution in [0.25, 0.3) is 0 Å². The molecule has 0 spiro atoms. The van der Waals surface area contributed by atoms with E-state index in [1.165, 1.54) is 19.3 Å². The average molecular weight is 321 g/mol. The van der Waals surface area contributed by atoms with Crippen molar-refractivity contribution in [1.29, 1.82) is 0 Å². The molecule has 3 nitrogen and oxygen atoms in total. The van der Waals surface area contributed by atoms with Crippen molar-refractivity contribution in [3.05, 3.63) is 34.9 Å². The molecule has 1 atom stereocenters. The van der Waals surface area contributed by atoms with Gasteiger partial charge in [0.2, 0.25) is 0 Å². The zero-order valence-corrected chi connectivity index (χ0v) is 14.0. The third-order valence-electron chi connectivity index (χ3n) is 4.88. The van der Waals surface area contributed by atoms with Gasteiger partial charge in [0.1, 0.15) is 0 Å². The highest BCUT2D eigenvalue weighted by molar-refractivity contribution is 6.31. The second kappa shape index (κ2) is 6.91. The summed E-state index contributed by atoms with van der Waals surface area (Å²) >= 11 is 6.33. The molecule has 1 aromatic rings. The van der Waals surface area contributed by atoms with Gasteiger partial charge in [0.25, 0.3) is 0 Å². The highest BCUT2D eigenvalue weighted by atomic mass is 35.5. The number of nitrogens with zero attached hydrogens (tertiary/aromatic N) is 1. The van der Waals surface area contributed by atoms with Crippen LogP contribution in [0.4, 0.5) is 4.79 Å². The molecule has 0 aromatic heterocycles. The van der Waals surface area contributed by atoms with Gasteiger partial charge in [-0.05, 0) is 44.2 Å². The summed E-state index contributed by atoms with van der Waals surface area (Å²) in [4.78, 5) is 14.8. The molecule has 2 saturated carbocycles. The van der Waals surface area contributed by atoms with Crippen LogP contribution in [0.5, 0.6) is 0 Å². The van der Waals surface area contributed by atoms with Crippen molar-refractivity contribution in [2.24, 2.45) is 0 Å². The highest BCUT2D eigenvalue weighted by Gasteiger charge is 2.37. The maximum Gasteiger partial charge on any atom is 0.318 e. The van der Waals surface area contributed by atoms with Crippen LogP contribution in [-0.2, 0) is 0 Å². The van der Waals surface area contributed by atoms with Gasteiger partial charge in [0.15, 0.2) is 0 Å². The summed E-state index contributed by atoms with van der Waals surface area (Å²) < 4.78 is 0. The Balaban J connectivity index is 1.71. The number of halogens is 1. The summed E-state index contributed by atoms with van der Waals surface area (Å²) in [6.45, 7) is 2.08. The molecule has 0 heterocycles. The van der Waals surface area contributed by atoms with Gasteiger partial charge in [-0.15, -0.1) is 0 Å². The first-order valence-corrected chi connectivity index (χ1v) is 8.88. The second-order valence-electron chi connectivity index (χ2n) is 6.62. The molecule has 120 valence electrons. The van der Waals surface area contributed by atoms with E-state index in [0.29, 0.717) is 12.1 Å². The van der Waals surface area contributed by atoms with Gasteiger partial charge in [-0.1, -0.05) is 49.1 Å². The highest BCUT2D eigenvalue weighted by Crippen LogP contribution is 2.36. The van der Waals surface area contributed by atoms with Crippen molar-refractivity contribution < 1.29 is 4.79 Å². The van der Waals surface area contributed by atoms with E-state index >= 15 is 0 Å². The van der Waals surface area contributed by atoms with Crippen molar-refractivity contribution >= 4 is 17.6 Å². The fourth-order valence-corrected chi connectivity index (χ4v) is 3.76. The standard InChI is InChI=1S/C18H25ClN2O/c1-13(16-9-5-6-10-17(16)19)21(15-11-12-15)18(22)20-14-7-3-2-4-8-14/h5-6,9-10,13-15H,2-4,7-8,11-12H2,1H3,(H,20,22)/t13-/m1/s1.